The smallest absolute Gasteiger partial charge is 0.124 e. The summed E-state index contributed by atoms with van der Waals surface area (Å²) < 4.78 is 10.1. The average molecular weight is 225 g/mol. The third-order valence-electron chi connectivity index (χ3n) is 2.76. The van der Waals surface area contributed by atoms with Gasteiger partial charge in [-0.15, -0.1) is 0 Å². The van der Waals surface area contributed by atoms with Gasteiger partial charge in [0.1, 0.15) is 6.26 Å². The summed E-state index contributed by atoms with van der Waals surface area (Å²) in [6.45, 7) is 7.80. The molecule has 5 heteroatoms. The molecule has 1 aromatic rings. The summed E-state index contributed by atoms with van der Waals surface area (Å²) in [5.41, 5.74) is 0.953. The summed E-state index contributed by atoms with van der Waals surface area (Å²) in [6, 6.07) is 2.34. The van der Waals surface area contributed by atoms with Crippen LogP contribution in [0, 0.1) is 0 Å². The monoisotopic (exact) mass is 225 g/mol. The number of ether oxygens (including phenoxy) is 1. The Morgan fingerprint density at radius 2 is 2.31 bits per heavy atom. The van der Waals surface area contributed by atoms with Crippen LogP contribution in [0.4, 0.5) is 0 Å². The molecule has 1 atom stereocenters. The molecule has 1 saturated heterocycles. The molecule has 1 unspecified atom stereocenters. The van der Waals surface area contributed by atoms with Gasteiger partial charge >= 0.3 is 0 Å². The van der Waals surface area contributed by atoms with Gasteiger partial charge in [0.2, 0.25) is 0 Å². The molecule has 0 amide bonds. The van der Waals surface area contributed by atoms with Crippen LogP contribution >= 0.6 is 0 Å². The zero-order valence-corrected chi connectivity index (χ0v) is 9.69. The fourth-order valence-corrected chi connectivity index (χ4v) is 1.84. The maximum atomic E-state index is 5.32. The van der Waals surface area contributed by atoms with E-state index in [9.17, 15) is 0 Å². The van der Waals surface area contributed by atoms with E-state index in [1.807, 2.05) is 6.07 Å². The first-order valence-corrected chi connectivity index (χ1v) is 5.77. The van der Waals surface area contributed by atoms with E-state index in [0.717, 1.165) is 45.1 Å². The highest BCUT2D eigenvalue weighted by Gasteiger charge is 2.13. The number of nitrogens with one attached hydrogen (secondary N) is 1. The largest absolute Gasteiger partial charge is 0.379 e. The van der Waals surface area contributed by atoms with Gasteiger partial charge in [0, 0.05) is 38.3 Å². The fourth-order valence-electron chi connectivity index (χ4n) is 1.84. The van der Waals surface area contributed by atoms with Gasteiger partial charge in [-0.05, 0) is 6.92 Å². The molecule has 0 aromatic carbocycles. The Hall–Kier alpha value is -0.910. The summed E-state index contributed by atoms with van der Waals surface area (Å²) >= 11 is 0. The lowest BCUT2D eigenvalue weighted by atomic mass is 10.2. The molecule has 1 N–H and O–H groups in total. The highest BCUT2D eigenvalue weighted by atomic mass is 16.5. The van der Waals surface area contributed by atoms with Gasteiger partial charge in [-0.3, -0.25) is 4.90 Å². The van der Waals surface area contributed by atoms with Crippen LogP contribution in [-0.4, -0.2) is 48.9 Å². The molecule has 16 heavy (non-hydrogen) atoms. The van der Waals surface area contributed by atoms with E-state index < -0.39 is 0 Å². The Labute approximate surface area is 95.7 Å². The molecule has 0 spiro atoms. The highest BCUT2D eigenvalue weighted by molar-refractivity contribution is 4.94. The summed E-state index contributed by atoms with van der Waals surface area (Å²) in [6.07, 6.45) is 1.60. The van der Waals surface area contributed by atoms with Crippen LogP contribution in [-0.2, 0) is 11.3 Å². The van der Waals surface area contributed by atoms with Crippen LogP contribution in [0.3, 0.4) is 0 Å². The summed E-state index contributed by atoms with van der Waals surface area (Å²) in [5.74, 6) is 0. The summed E-state index contributed by atoms with van der Waals surface area (Å²) in [7, 11) is 0. The molecule has 1 fully saturated rings. The highest BCUT2D eigenvalue weighted by Crippen LogP contribution is 2.00. The van der Waals surface area contributed by atoms with Crippen molar-refractivity contribution < 1.29 is 9.26 Å². The quantitative estimate of drug-likeness (QED) is 0.790. The molecule has 0 aliphatic carbocycles. The van der Waals surface area contributed by atoms with Gasteiger partial charge in [0.25, 0.3) is 0 Å². The van der Waals surface area contributed by atoms with Crippen molar-refractivity contribution in [3.05, 3.63) is 18.0 Å². The lowest BCUT2D eigenvalue weighted by Crippen LogP contribution is -2.44. The number of rotatable bonds is 5. The lowest BCUT2D eigenvalue weighted by molar-refractivity contribution is 0.0343. The topological polar surface area (TPSA) is 50.5 Å². The van der Waals surface area contributed by atoms with Crippen LogP contribution in [0.15, 0.2) is 16.9 Å². The van der Waals surface area contributed by atoms with Crippen molar-refractivity contribution in [2.24, 2.45) is 0 Å². The van der Waals surface area contributed by atoms with Gasteiger partial charge in [-0.2, -0.15) is 0 Å². The van der Waals surface area contributed by atoms with Crippen molar-refractivity contribution in [1.29, 1.82) is 0 Å². The second-order valence-electron chi connectivity index (χ2n) is 4.19. The van der Waals surface area contributed by atoms with Crippen molar-refractivity contribution in [2.45, 2.75) is 19.5 Å². The van der Waals surface area contributed by atoms with Gasteiger partial charge in [-0.25, -0.2) is 0 Å². The van der Waals surface area contributed by atoms with Crippen molar-refractivity contribution >= 4 is 0 Å². The average Bonchev–Trinajstić information content (AvgIpc) is 2.81. The van der Waals surface area contributed by atoms with Crippen LogP contribution < -0.4 is 5.32 Å². The van der Waals surface area contributed by atoms with Gasteiger partial charge in [0.15, 0.2) is 0 Å². The number of hydrogen-bond acceptors (Lipinski definition) is 5. The van der Waals surface area contributed by atoms with Crippen molar-refractivity contribution in [1.82, 2.24) is 15.4 Å². The van der Waals surface area contributed by atoms with Crippen LogP contribution in [0.5, 0.6) is 0 Å². The lowest BCUT2D eigenvalue weighted by Gasteiger charge is -2.29. The zero-order valence-electron chi connectivity index (χ0n) is 9.69. The van der Waals surface area contributed by atoms with E-state index in [1.165, 1.54) is 0 Å². The maximum absolute atomic E-state index is 5.32. The van der Waals surface area contributed by atoms with E-state index in [0.29, 0.717) is 6.04 Å². The number of hydrogen-bond donors (Lipinski definition) is 1. The third-order valence-corrected chi connectivity index (χ3v) is 2.76. The summed E-state index contributed by atoms with van der Waals surface area (Å²) in [5, 5.41) is 7.29. The standard InChI is InChI=1S/C11H19N3O2/c1-10(9-14-3-6-15-7-4-14)12-8-11-2-5-16-13-11/h2,5,10,12H,3-4,6-9H2,1H3. The summed E-state index contributed by atoms with van der Waals surface area (Å²) in [4.78, 5) is 2.42. The van der Waals surface area contributed by atoms with Gasteiger partial charge < -0.3 is 14.6 Å². The zero-order chi connectivity index (χ0) is 11.2. The first-order valence-electron chi connectivity index (χ1n) is 5.77. The predicted molar refractivity (Wildman–Crippen MR) is 60.1 cm³/mol. The van der Waals surface area contributed by atoms with Crippen LogP contribution in [0.25, 0.3) is 0 Å². The van der Waals surface area contributed by atoms with E-state index in [-0.39, 0.29) is 0 Å². The Morgan fingerprint density at radius 3 is 3.00 bits per heavy atom. The molecule has 1 aliphatic rings. The molecule has 5 nitrogen and oxygen atoms in total. The molecule has 0 bridgehead atoms. The Balaban J connectivity index is 1.65. The van der Waals surface area contributed by atoms with E-state index in [2.05, 4.69) is 22.3 Å². The first-order chi connectivity index (χ1) is 7.84. The van der Waals surface area contributed by atoms with Crippen molar-refractivity contribution in [3.63, 3.8) is 0 Å². The van der Waals surface area contributed by atoms with E-state index in [4.69, 9.17) is 9.26 Å². The molecule has 2 heterocycles. The fraction of sp³-hybridized carbons (Fsp3) is 0.727. The molecule has 1 aliphatic heterocycles. The predicted octanol–water partition coefficient (Wildman–Crippen LogP) is 0.485. The molecule has 0 radical (unpaired) electrons. The van der Waals surface area contributed by atoms with Gasteiger partial charge in [0.05, 0.1) is 18.9 Å². The third kappa shape index (κ3) is 3.59. The van der Waals surface area contributed by atoms with Crippen molar-refractivity contribution in [2.75, 3.05) is 32.8 Å². The minimum Gasteiger partial charge on any atom is -0.379 e. The second kappa shape index (κ2) is 5.98. The molecule has 2 rings (SSSR count). The number of nitrogens with zero attached hydrogens (tertiary/aromatic N) is 2. The molecule has 1 aromatic heterocycles. The Kier molecular flexibility index (Phi) is 4.33. The Bertz CT molecular complexity index is 283. The SMILES string of the molecule is CC(CN1CCOCC1)NCc1ccon1. The van der Waals surface area contributed by atoms with Gasteiger partial charge in [-0.1, -0.05) is 5.16 Å². The van der Waals surface area contributed by atoms with E-state index >= 15 is 0 Å². The van der Waals surface area contributed by atoms with E-state index in [1.54, 1.807) is 6.26 Å². The first kappa shape index (κ1) is 11.6. The number of morpholine rings is 1. The Morgan fingerprint density at radius 1 is 1.50 bits per heavy atom. The van der Waals surface area contributed by atoms with Crippen LogP contribution in [0.2, 0.25) is 0 Å². The second-order valence-corrected chi connectivity index (χ2v) is 4.19. The maximum Gasteiger partial charge on any atom is 0.124 e. The van der Waals surface area contributed by atoms with Crippen molar-refractivity contribution in [3.8, 4) is 0 Å². The minimum atomic E-state index is 0.454. The minimum absolute atomic E-state index is 0.454. The molecular formula is C11H19N3O2. The normalized spacial score (nSPS) is 19.8. The molecule has 0 saturated carbocycles. The van der Waals surface area contributed by atoms with Crippen LogP contribution in [0.1, 0.15) is 12.6 Å². The number of aromatic nitrogens is 1. The molecule has 90 valence electrons. The molecular weight excluding hydrogens is 206 g/mol.